The van der Waals surface area contributed by atoms with E-state index in [9.17, 15) is 4.21 Å². The molecule has 6 heteroatoms. The predicted octanol–water partition coefficient (Wildman–Crippen LogP) is 3.44. The van der Waals surface area contributed by atoms with E-state index < -0.39 is 11.0 Å². The van der Waals surface area contributed by atoms with E-state index >= 15 is 0 Å². The van der Waals surface area contributed by atoms with Crippen molar-refractivity contribution in [3.8, 4) is 5.75 Å². The maximum Gasteiger partial charge on any atom is 0.125 e. The summed E-state index contributed by atoms with van der Waals surface area (Å²) in [6.45, 7) is 6.61. The van der Waals surface area contributed by atoms with Gasteiger partial charge < -0.3 is 14.8 Å². The van der Waals surface area contributed by atoms with Crippen molar-refractivity contribution in [2.75, 3.05) is 26.0 Å². The summed E-state index contributed by atoms with van der Waals surface area (Å²) in [7, 11) is -0.982. The van der Waals surface area contributed by atoms with Crippen LogP contribution in [-0.4, -0.2) is 48.4 Å². The molecule has 1 saturated heterocycles. The third-order valence-corrected chi connectivity index (χ3v) is 6.69. The zero-order valence-corrected chi connectivity index (χ0v) is 18.4. The van der Waals surface area contributed by atoms with Crippen molar-refractivity contribution in [3.63, 3.8) is 0 Å². The molecular weight excluding hydrogens is 372 g/mol. The molecule has 0 aromatic heterocycles. The highest BCUT2D eigenvalue weighted by Crippen LogP contribution is 2.39. The van der Waals surface area contributed by atoms with Gasteiger partial charge in [0.25, 0.3) is 0 Å². The number of nitrogens with one attached hydrogen (secondary N) is 2. The number of piperidine rings is 1. The normalized spacial score (nSPS) is 29.4. The zero-order chi connectivity index (χ0) is 19.9. The van der Waals surface area contributed by atoms with E-state index in [2.05, 4.69) is 42.1 Å². The molecule has 1 aromatic carbocycles. The van der Waals surface area contributed by atoms with Gasteiger partial charge in [0, 0.05) is 18.3 Å². The lowest BCUT2D eigenvalue weighted by atomic mass is 9.81. The fourth-order valence-electron chi connectivity index (χ4n) is 4.60. The first-order valence-corrected chi connectivity index (χ1v) is 12.3. The average molecular weight is 409 g/mol. The van der Waals surface area contributed by atoms with Crippen molar-refractivity contribution >= 4 is 11.0 Å². The van der Waals surface area contributed by atoms with Crippen LogP contribution in [0.25, 0.3) is 0 Å². The first-order chi connectivity index (χ1) is 13.6. The Balaban J connectivity index is 1.50. The summed E-state index contributed by atoms with van der Waals surface area (Å²) in [5.41, 5.74) is 2.59. The maximum absolute atomic E-state index is 11.6. The molecule has 1 saturated carbocycles. The summed E-state index contributed by atoms with van der Waals surface area (Å²) in [5, 5.41) is 3.54. The summed E-state index contributed by atoms with van der Waals surface area (Å²) in [6, 6.07) is 6.99. The van der Waals surface area contributed by atoms with Crippen molar-refractivity contribution in [1.82, 2.24) is 10.0 Å². The van der Waals surface area contributed by atoms with E-state index in [1.54, 1.807) is 6.26 Å². The van der Waals surface area contributed by atoms with Gasteiger partial charge in [-0.05, 0) is 76.0 Å². The van der Waals surface area contributed by atoms with Crippen LogP contribution in [0.5, 0.6) is 5.75 Å². The van der Waals surface area contributed by atoms with Gasteiger partial charge in [-0.15, -0.1) is 0 Å². The number of ether oxygens (including phenoxy) is 2. The fraction of sp³-hybridized carbons (Fsp3) is 0.727. The average Bonchev–Trinajstić information content (AvgIpc) is 2.69. The van der Waals surface area contributed by atoms with Gasteiger partial charge in [-0.1, -0.05) is 18.2 Å². The van der Waals surface area contributed by atoms with Gasteiger partial charge in [0.1, 0.15) is 5.75 Å². The highest BCUT2D eigenvalue weighted by atomic mass is 32.2. The Morgan fingerprint density at radius 2 is 2.00 bits per heavy atom. The number of benzene rings is 1. The van der Waals surface area contributed by atoms with Crippen molar-refractivity contribution < 1.29 is 13.7 Å². The second kappa shape index (κ2) is 10.7. The second-order valence-electron chi connectivity index (χ2n) is 8.11. The minimum Gasteiger partial charge on any atom is -0.493 e. The molecular formula is C22H36N2O3S. The summed E-state index contributed by atoms with van der Waals surface area (Å²) < 4.78 is 27.0. The molecule has 0 amide bonds. The number of para-hydroxylation sites is 1. The van der Waals surface area contributed by atoms with E-state index in [1.807, 2.05) is 0 Å². The van der Waals surface area contributed by atoms with Crippen LogP contribution in [0.15, 0.2) is 18.2 Å². The zero-order valence-electron chi connectivity index (χ0n) is 17.5. The number of rotatable bonds is 8. The first-order valence-electron chi connectivity index (χ1n) is 10.7. The molecule has 1 aliphatic carbocycles. The Kier molecular flexibility index (Phi) is 8.33. The Labute approximate surface area is 172 Å². The van der Waals surface area contributed by atoms with Crippen LogP contribution in [0.3, 0.4) is 0 Å². The SMILES string of the molecule is CCOc1c(C)cccc1C1CCC(OCC2NCCCC2NS(C)=O)CC1. The summed E-state index contributed by atoms with van der Waals surface area (Å²) in [4.78, 5) is 0. The molecule has 2 fully saturated rings. The van der Waals surface area contributed by atoms with Gasteiger partial charge in [0.05, 0.1) is 30.3 Å². The molecule has 2 N–H and O–H groups in total. The first kappa shape index (κ1) is 21.8. The molecule has 1 heterocycles. The van der Waals surface area contributed by atoms with Gasteiger partial charge in [-0.2, -0.15) is 0 Å². The molecule has 2 aliphatic rings. The quantitative estimate of drug-likeness (QED) is 0.692. The lowest BCUT2D eigenvalue weighted by molar-refractivity contribution is 0.00517. The highest BCUT2D eigenvalue weighted by Gasteiger charge is 2.29. The maximum atomic E-state index is 11.6. The van der Waals surface area contributed by atoms with E-state index in [0.717, 1.165) is 50.8 Å². The molecule has 5 nitrogen and oxygen atoms in total. The van der Waals surface area contributed by atoms with Crippen molar-refractivity contribution in [3.05, 3.63) is 29.3 Å². The molecule has 3 rings (SSSR count). The monoisotopic (exact) mass is 408 g/mol. The molecule has 0 bridgehead atoms. The number of hydrogen-bond acceptors (Lipinski definition) is 4. The van der Waals surface area contributed by atoms with Crippen molar-refractivity contribution in [2.24, 2.45) is 0 Å². The van der Waals surface area contributed by atoms with Gasteiger partial charge in [-0.3, -0.25) is 0 Å². The van der Waals surface area contributed by atoms with E-state index in [1.165, 1.54) is 11.1 Å². The van der Waals surface area contributed by atoms with E-state index in [4.69, 9.17) is 9.47 Å². The van der Waals surface area contributed by atoms with Crippen LogP contribution in [0, 0.1) is 6.92 Å². The van der Waals surface area contributed by atoms with E-state index in [0.29, 0.717) is 25.2 Å². The summed E-state index contributed by atoms with van der Waals surface area (Å²) in [5.74, 6) is 1.65. The molecule has 28 heavy (non-hydrogen) atoms. The van der Waals surface area contributed by atoms with Gasteiger partial charge in [0.2, 0.25) is 0 Å². The van der Waals surface area contributed by atoms with Crippen LogP contribution < -0.4 is 14.8 Å². The van der Waals surface area contributed by atoms with Gasteiger partial charge in [-0.25, -0.2) is 8.93 Å². The largest absolute Gasteiger partial charge is 0.493 e. The Morgan fingerprint density at radius 1 is 1.21 bits per heavy atom. The lowest BCUT2D eigenvalue weighted by Gasteiger charge is -2.35. The molecule has 158 valence electrons. The minimum atomic E-state index is -0.982. The molecule has 1 aliphatic heterocycles. The smallest absolute Gasteiger partial charge is 0.125 e. The van der Waals surface area contributed by atoms with Crippen LogP contribution in [0.4, 0.5) is 0 Å². The van der Waals surface area contributed by atoms with Crippen LogP contribution >= 0.6 is 0 Å². The fourth-order valence-corrected chi connectivity index (χ4v) is 5.31. The van der Waals surface area contributed by atoms with Gasteiger partial charge >= 0.3 is 0 Å². The van der Waals surface area contributed by atoms with Gasteiger partial charge in [0.15, 0.2) is 0 Å². The number of hydrogen-bond donors (Lipinski definition) is 2. The van der Waals surface area contributed by atoms with Crippen LogP contribution in [0.1, 0.15) is 62.5 Å². The third kappa shape index (κ3) is 5.78. The Bertz CT molecular complexity index is 647. The Morgan fingerprint density at radius 3 is 2.71 bits per heavy atom. The molecule has 1 aromatic rings. The molecule has 0 radical (unpaired) electrons. The Hall–Kier alpha value is -0.950. The lowest BCUT2D eigenvalue weighted by Crippen LogP contribution is -2.54. The third-order valence-electron chi connectivity index (χ3n) is 6.06. The molecule has 0 spiro atoms. The van der Waals surface area contributed by atoms with Crippen molar-refractivity contribution in [2.45, 2.75) is 76.5 Å². The molecule has 3 unspecified atom stereocenters. The summed E-state index contributed by atoms with van der Waals surface area (Å²) in [6.07, 6.45) is 8.68. The van der Waals surface area contributed by atoms with Crippen molar-refractivity contribution in [1.29, 1.82) is 0 Å². The van der Waals surface area contributed by atoms with Crippen LogP contribution in [0.2, 0.25) is 0 Å². The van der Waals surface area contributed by atoms with E-state index in [-0.39, 0.29) is 12.1 Å². The highest BCUT2D eigenvalue weighted by molar-refractivity contribution is 7.82. The standard InChI is InChI=1S/C22H36N2O3S/c1-4-26-22-16(2)7-5-8-19(22)17-10-12-18(13-11-17)27-15-21-20(24-28(3)25)9-6-14-23-21/h5,7-8,17-18,20-21,23-24H,4,6,9-15H2,1-3H3. The minimum absolute atomic E-state index is 0.233. The molecule has 3 atom stereocenters. The predicted molar refractivity (Wildman–Crippen MR) is 115 cm³/mol. The topological polar surface area (TPSA) is 59.6 Å². The second-order valence-corrected chi connectivity index (χ2v) is 9.26. The number of aryl methyl sites for hydroxylation is 1. The summed E-state index contributed by atoms with van der Waals surface area (Å²) >= 11 is 0. The van der Waals surface area contributed by atoms with Crippen LogP contribution in [-0.2, 0) is 15.7 Å².